The number of nitrogens with zero attached hydrogens (tertiary/aromatic N) is 2. The van der Waals surface area contributed by atoms with Crippen LogP contribution in [-0.4, -0.2) is 26.5 Å². The lowest BCUT2D eigenvalue weighted by Crippen LogP contribution is -2.35. The minimum atomic E-state index is -0.745. The van der Waals surface area contributed by atoms with Crippen LogP contribution in [-0.2, 0) is 13.0 Å². The smallest absolute Gasteiger partial charge is 0.270 e. The molecule has 8 heteroatoms. The average Bonchev–Trinajstić information content (AvgIpc) is 3.29. The largest absolute Gasteiger partial charge is 0.473 e. The third-order valence-electron chi connectivity index (χ3n) is 5.91. The molecule has 33 heavy (non-hydrogen) atoms. The number of halogens is 2. The molecule has 1 aliphatic rings. The van der Waals surface area contributed by atoms with Gasteiger partial charge in [-0.15, -0.1) is 0 Å². The first-order valence-electron chi connectivity index (χ1n) is 10.5. The molecule has 2 aromatic heterocycles. The van der Waals surface area contributed by atoms with Gasteiger partial charge in [0.15, 0.2) is 5.88 Å². The lowest BCUT2D eigenvalue weighted by atomic mass is 10.1. The number of carbonyl (C=O) groups excluding carboxylic acids is 1. The predicted octanol–water partition coefficient (Wildman–Crippen LogP) is 3.89. The van der Waals surface area contributed by atoms with Crippen molar-refractivity contribution in [3.63, 3.8) is 0 Å². The Morgan fingerprint density at radius 2 is 1.85 bits per heavy atom. The van der Waals surface area contributed by atoms with Crippen LogP contribution >= 0.6 is 0 Å². The highest BCUT2D eigenvalue weighted by Crippen LogP contribution is 2.32. The molecule has 5 rings (SSSR count). The van der Waals surface area contributed by atoms with Gasteiger partial charge >= 0.3 is 0 Å². The van der Waals surface area contributed by atoms with Crippen LogP contribution in [0.15, 0.2) is 60.7 Å². The van der Waals surface area contributed by atoms with Gasteiger partial charge in [-0.2, -0.15) is 0 Å². The minimum absolute atomic E-state index is 0.206. The van der Waals surface area contributed by atoms with Gasteiger partial charge in [-0.3, -0.25) is 9.20 Å². The summed E-state index contributed by atoms with van der Waals surface area (Å²) in [5.74, 6) is -1.64. The zero-order valence-corrected chi connectivity index (χ0v) is 17.8. The first-order chi connectivity index (χ1) is 15.9. The highest BCUT2D eigenvalue weighted by Gasteiger charge is 2.33. The number of benzene rings is 2. The molecule has 0 radical (unpaired) electrons. The van der Waals surface area contributed by atoms with Gasteiger partial charge in [0.1, 0.15) is 29.6 Å². The quantitative estimate of drug-likeness (QED) is 0.485. The van der Waals surface area contributed by atoms with Crippen molar-refractivity contribution in [1.29, 1.82) is 0 Å². The van der Waals surface area contributed by atoms with Crippen LogP contribution in [0.2, 0.25) is 0 Å². The molecule has 0 aliphatic heterocycles. The molecule has 0 unspecified atom stereocenters. The minimum Gasteiger partial charge on any atom is -0.473 e. The third-order valence-corrected chi connectivity index (χ3v) is 5.91. The molecule has 0 spiro atoms. The number of carbonyl (C=O) groups is 1. The molecule has 2 heterocycles. The molecule has 1 aliphatic carbocycles. The van der Waals surface area contributed by atoms with Crippen molar-refractivity contribution in [3.8, 4) is 5.88 Å². The van der Waals surface area contributed by atoms with Crippen molar-refractivity contribution < 1.29 is 23.4 Å². The zero-order valence-electron chi connectivity index (χ0n) is 17.8. The molecule has 0 saturated heterocycles. The number of fused-ring (bicyclic) bond motifs is 2. The number of hydrogen-bond acceptors (Lipinski definition) is 4. The van der Waals surface area contributed by atoms with Crippen molar-refractivity contribution in [2.24, 2.45) is 0 Å². The number of hydrogen-bond donors (Lipinski definition) is 2. The number of rotatable bonds is 5. The van der Waals surface area contributed by atoms with E-state index in [-0.39, 0.29) is 23.7 Å². The Bertz CT molecular complexity index is 1350. The molecule has 4 aromatic rings. The van der Waals surface area contributed by atoms with Crippen molar-refractivity contribution >= 4 is 11.6 Å². The molecule has 2 aromatic carbocycles. The number of pyridine rings is 1. The van der Waals surface area contributed by atoms with Crippen LogP contribution in [0, 0.1) is 18.6 Å². The Labute approximate surface area is 188 Å². The monoisotopic (exact) mass is 449 g/mol. The summed E-state index contributed by atoms with van der Waals surface area (Å²) >= 11 is 0. The van der Waals surface area contributed by atoms with Gasteiger partial charge in [0.2, 0.25) is 0 Å². The highest BCUT2D eigenvalue weighted by atomic mass is 19.1. The van der Waals surface area contributed by atoms with Crippen molar-refractivity contribution in [3.05, 3.63) is 100 Å². The SMILES string of the molecule is Cc1nc2cccc(OCc3c(F)cccc3F)n2c1C(=O)N[C@@H]1c2ccccc2C[C@H]1O. The summed E-state index contributed by atoms with van der Waals surface area (Å²) in [5, 5.41) is 13.4. The van der Waals surface area contributed by atoms with Crippen LogP contribution < -0.4 is 10.1 Å². The molecule has 0 fully saturated rings. The molecule has 0 bridgehead atoms. The summed E-state index contributed by atoms with van der Waals surface area (Å²) in [6.45, 7) is 1.34. The molecule has 168 valence electrons. The van der Waals surface area contributed by atoms with E-state index in [2.05, 4.69) is 10.3 Å². The lowest BCUT2D eigenvalue weighted by Gasteiger charge is -2.18. The van der Waals surface area contributed by atoms with Crippen molar-refractivity contribution in [2.45, 2.75) is 32.1 Å². The van der Waals surface area contributed by atoms with E-state index in [1.807, 2.05) is 24.3 Å². The fraction of sp³-hybridized carbons (Fsp3) is 0.200. The Morgan fingerprint density at radius 1 is 1.12 bits per heavy atom. The summed E-state index contributed by atoms with van der Waals surface area (Å²) < 4.78 is 35.3. The van der Waals surface area contributed by atoms with Gasteiger partial charge < -0.3 is 15.2 Å². The number of amides is 1. The van der Waals surface area contributed by atoms with Crippen molar-refractivity contribution in [1.82, 2.24) is 14.7 Å². The first kappa shape index (κ1) is 21.1. The molecule has 2 atom stereocenters. The van der Waals surface area contributed by atoms with Crippen LogP contribution in [0.3, 0.4) is 0 Å². The Kier molecular flexibility index (Phi) is 5.30. The summed E-state index contributed by atoms with van der Waals surface area (Å²) in [4.78, 5) is 17.8. The van der Waals surface area contributed by atoms with Gasteiger partial charge in [0.05, 0.1) is 23.4 Å². The fourth-order valence-electron chi connectivity index (χ4n) is 4.33. The van der Waals surface area contributed by atoms with E-state index in [1.54, 1.807) is 25.1 Å². The van der Waals surface area contributed by atoms with E-state index < -0.39 is 29.7 Å². The number of aliphatic hydroxyl groups excluding tert-OH is 1. The molecule has 0 saturated carbocycles. The maximum atomic E-state index is 14.0. The summed E-state index contributed by atoms with van der Waals surface area (Å²) in [7, 11) is 0. The second-order valence-corrected chi connectivity index (χ2v) is 8.01. The lowest BCUT2D eigenvalue weighted by molar-refractivity contribution is 0.0850. The third kappa shape index (κ3) is 3.72. The molecule has 6 nitrogen and oxygen atoms in total. The summed E-state index contributed by atoms with van der Waals surface area (Å²) in [6, 6.07) is 15.6. The Balaban J connectivity index is 1.48. The number of nitrogens with one attached hydrogen (secondary N) is 1. The zero-order chi connectivity index (χ0) is 23.1. The second-order valence-electron chi connectivity index (χ2n) is 8.01. The summed E-state index contributed by atoms with van der Waals surface area (Å²) in [6.07, 6.45) is -0.291. The maximum Gasteiger partial charge on any atom is 0.270 e. The first-order valence-corrected chi connectivity index (χ1v) is 10.5. The molecule has 1 amide bonds. The van der Waals surface area contributed by atoms with E-state index >= 15 is 0 Å². The average molecular weight is 449 g/mol. The predicted molar refractivity (Wildman–Crippen MR) is 117 cm³/mol. The van der Waals surface area contributed by atoms with Gasteiger partial charge in [-0.1, -0.05) is 36.4 Å². The molecular formula is C25H21F2N3O3. The van der Waals surface area contributed by atoms with Crippen LogP contribution in [0.4, 0.5) is 8.78 Å². The highest BCUT2D eigenvalue weighted by molar-refractivity contribution is 5.95. The van der Waals surface area contributed by atoms with Crippen LogP contribution in [0.5, 0.6) is 5.88 Å². The van der Waals surface area contributed by atoms with Crippen LogP contribution in [0.25, 0.3) is 5.65 Å². The van der Waals surface area contributed by atoms with E-state index in [9.17, 15) is 18.7 Å². The van der Waals surface area contributed by atoms with Gasteiger partial charge in [-0.05, 0) is 42.3 Å². The Hall–Kier alpha value is -3.78. The topological polar surface area (TPSA) is 75.9 Å². The van der Waals surface area contributed by atoms with Gasteiger partial charge in [0, 0.05) is 6.42 Å². The van der Waals surface area contributed by atoms with Crippen molar-refractivity contribution in [2.75, 3.05) is 0 Å². The second kappa shape index (κ2) is 8.29. The molecular weight excluding hydrogens is 428 g/mol. The van der Waals surface area contributed by atoms with Crippen LogP contribution in [0.1, 0.15) is 38.9 Å². The number of aryl methyl sites for hydroxylation is 1. The number of imidazole rings is 1. The standard InChI is InChI=1S/C25H21F2N3O3/c1-14-24(25(32)29-23-16-7-3-2-6-15(16)12-20(23)31)30-21(28-14)10-5-11-22(30)33-13-17-18(26)8-4-9-19(17)27/h2-11,20,23,31H,12-13H2,1H3,(H,29,32)/t20-,23-/m1/s1. The number of ether oxygens (including phenoxy) is 1. The maximum absolute atomic E-state index is 14.0. The number of aliphatic hydroxyl groups is 1. The Morgan fingerprint density at radius 3 is 2.64 bits per heavy atom. The number of aromatic nitrogens is 2. The van der Waals surface area contributed by atoms with Gasteiger partial charge in [-0.25, -0.2) is 13.8 Å². The van der Waals surface area contributed by atoms with E-state index in [0.29, 0.717) is 17.8 Å². The summed E-state index contributed by atoms with van der Waals surface area (Å²) in [5.41, 5.74) is 2.80. The fourth-order valence-corrected chi connectivity index (χ4v) is 4.33. The van der Waals surface area contributed by atoms with Gasteiger partial charge in [0.25, 0.3) is 5.91 Å². The molecule has 2 N–H and O–H groups in total. The van der Waals surface area contributed by atoms with E-state index in [4.69, 9.17) is 4.74 Å². The normalized spacial score (nSPS) is 17.2. The van der Waals surface area contributed by atoms with E-state index in [1.165, 1.54) is 10.5 Å². The van der Waals surface area contributed by atoms with E-state index in [0.717, 1.165) is 23.3 Å².